The molecule has 1 saturated heterocycles. The number of benzene rings is 2. The summed E-state index contributed by atoms with van der Waals surface area (Å²) in [4.78, 5) is 24.1. The highest BCUT2D eigenvalue weighted by Gasteiger charge is 2.39. The molecular formula is C17H13BrO5. The standard InChI is InChI=1S/C17H13BrO5/c1-17(2)22-15(20)13(16(21)23-17)8-12-11-5-4-10(18)7-9(11)3-6-14(12)19/h3-8,19H,1-2H3. The number of phenolic OH excluding ortho intramolecular Hbond substituents is 1. The Hall–Kier alpha value is -2.34. The number of carbonyl (C=O) groups excluding carboxylic acids is 2. The molecule has 0 atom stereocenters. The molecule has 3 rings (SSSR count). The Morgan fingerprint density at radius 2 is 1.74 bits per heavy atom. The van der Waals surface area contributed by atoms with Gasteiger partial charge < -0.3 is 14.6 Å². The van der Waals surface area contributed by atoms with Crippen molar-refractivity contribution < 1.29 is 24.2 Å². The maximum absolute atomic E-state index is 12.0. The van der Waals surface area contributed by atoms with Crippen LogP contribution in [0.5, 0.6) is 5.75 Å². The van der Waals surface area contributed by atoms with E-state index in [1.54, 1.807) is 12.1 Å². The molecule has 1 aliphatic heterocycles. The van der Waals surface area contributed by atoms with Crippen molar-refractivity contribution in [3.63, 3.8) is 0 Å². The van der Waals surface area contributed by atoms with E-state index in [1.807, 2.05) is 12.1 Å². The third-order valence-electron chi connectivity index (χ3n) is 3.41. The summed E-state index contributed by atoms with van der Waals surface area (Å²) >= 11 is 3.38. The first-order valence-electron chi connectivity index (χ1n) is 6.86. The van der Waals surface area contributed by atoms with Gasteiger partial charge in [0.25, 0.3) is 5.79 Å². The first kappa shape index (κ1) is 15.6. The van der Waals surface area contributed by atoms with Gasteiger partial charge in [-0.15, -0.1) is 0 Å². The SMILES string of the molecule is CC1(C)OC(=O)C(=Cc2c(O)ccc3cc(Br)ccc23)C(=O)O1. The molecule has 0 saturated carbocycles. The second kappa shape index (κ2) is 5.38. The van der Waals surface area contributed by atoms with Crippen LogP contribution in [0.2, 0.25) is 0 Å². The summed E-state index contributed by atoms with van der Waals surface area (Å²) in [6.45, 7) is 2.96. The topological polar surface area (TPSA) is 72.8 Å². The van der Waals surface area contributed by atoms with Crippen LogP contribution in [0.25, 0.3) is 16.8 Å². The Kier molecular flexibility index (Phi) is 3.64. The van der Waals surface area contributed by atoms with Crippen molar-refractivity contribution in [3.8, 4) is 5.75 Å². The molecule has 1 fully saturated rings. The van der Waals surface area contributed by atoms with Gasteiger partial charge in [-0.2, -0.15) is 0 Å². The molecule has 2 aromatic rings. The second-order valence-electron chi connectivity index (χ2n) is 5.60. The average Bonchev–Trinajstić information content (AvgIpc) is 2.43. The van der Waals surface area contributed by atoms with Gasteiger partial charge in [0.05, 0.1) is 0 Å². The van der Waals surface area contributed by atoms with E-state index in [-0.39, 0.29) is 11.3 Å². The first-order valence-corrected chi connectivity index (χ1v) is 7.66. The molecular weight excluding hydrogens is 364 g/mol. The van der Waals surface area contributed by atoms with E-state index < -0.39 is 17.7 Å². The monoisotopic (exact) mass is 376 g/mol. The zero-order chi connectivity index (χ0) is 16.8. The van der Waals surface area contributed by atoms with E-state index in [0.29, 0.717) is 10.9 Å². The van der Waals surface area contributed by atoms with E-state index >= 15 is 0 Å². The largest absolute Gasteiger partial charge is 0.507 e. The Balaban J connectivity index is 2.16. The fourth-order valence-corrected chi connectivity index (χ4v) is 2.77. The van der Waals surface area contributed by atoms with E-state index in [4.69, 9.17) is 9.47 Å². The van der Waals surface area contributed by atoms with Crippen LogP contribution in [-0.2, 0) is 19.1 Å². The number of aromatic hydroxyl groups is 1. The quantitative estimate of drug-likeness (QED) is 0.468. The Morgan fingerprint density at radius 3 is 2.39 bits per heavy atom. The summed E-state index contributed by atoms with van der Waals surface area (Å²) in [6, 6.07) is 8.72. The molecule has 23 heavy (non-hydrogen) atoms. The molecule has 0 amide bonds. The van der Waals surface area contributed by atoms with Gasteiger partial charge in [-0.25, -0.2) is 9.59 Å². The molecule has 1 N–H and O–H groups in total. The minimum Gasteiger partial charge on any atom is -0.507 e. The number of fused-ring (bicyclic) bond motifs is 1. The maximum atomic E-state index is 12.0. The highest BCUT2D eigenvalue weighted by atomic mass is 79.9. The molecule has 0 aliphatic carbocycles. The number of phenols is 1. The van der Waals surface area contributed by atoms with Crippen LogP contribution in [0.15, 0.2) is 40.4 Å². The molecule has 1 heterocycles. The molecule has 5 nitrogen and oxygen atoms in total. The van der Waals surface area contributed by atoms with Gasteiger partial charge in [-0.05, 0) is 35.0 Å². The number of rotatable bonds is 1. The van der Waals surface area contributed by atoms with Crippen LogP contribution in [0.4, 0.5) is 0 Å². The lowest BCUT2D eigenvalue weighted by atomic mass is 10.0. The van der Waals surface area contributed by atoms with Crippen LogP contribution in [0.1, 0.15) is 19.4 Å². The summed E-state index contributed by atoms with van der Waals surface area (Å²) < 4.78 is 11.0. The van der Waals surface area contributed by atoms with Crippen molar-refractivity contribution in [1.82, 2.24) is 0 Å². The average molecular weight is 377 g/mol. The third kappa shape index (κ3) is 2.94. The van der Waals surface area contributed by atoms with E-state index in [1.165, 1.54) is 26.0 Å². The van der Waals surface area contributed by atoms with Gasteiger partial charge in [0.2, 0.25) is 0 Å². The summed E-state index contributed by atoms with van der Waals surface area (Å²) in [5.41, 5.74) is 0.105. The molecule has 0 spiro atoms. The van der Waals surface area contributed by atoms with E-state index in [9.17, 15) is 14.7 Å². The summed E-state index contributed by atoms with van der Waals surface area (Å²) in [5, 5.41) is 11.7. The highest BCUT2D eigenvalue weighted by molar-refractivity contribution is 9.10. The number of esters is 2. The van der Waals surface area contributed by atoms with Crippen molar-refractivity contribution in [2.24, 2.45) is 0 Å². The third-order valence-corrected chi connectivity index (χ3v) is 3.90. The summed E-state index contributed by atoms with van der Waals surface area (Å²) in [6.07, 6.45) is 1.30. The highest BCUT2D eigenvalue weighted by Crippen LogP contribution is 2.32. The lowest BCUT2D eigenvalue weighted by Gasteiger charge is -2.29. The fourth-order valence-electron chi connectivity index (χ4n) is 2.39. The van der Waals surface area contributed by atoms with Crippen LogP contribution < -0.4 is 0 Å². The fraction of sp³-hybridized carbons (Fsp3) is 0.176. The molecule has 0 unspecified atom stereocenters. The summed E-state index contributed by atoms with van der Waals surface area (Å²) in [5.74, 6) is -2.89. The number of hydrogen-bond acceptors (Lipinski definition) is 5. The zero-order valence-corrected chi connectivity index (χ0v) is 14.0. The molecule has 2 aromatic carbocycles. The molecule has 118 valence electrons. The predicted octanol–water partition coefficient (Wildman–Crippen LogP) is 3.53. The van der Waals surface area contributed by atoms with E-state index in [2.05, 4.69) is 15.9 Å². The minimum absolute atomic E-state index is 0.0437. The van der Waals surface area contributed by atoms with Gasteiger partial charge >= 0.3 is 11.9 Å². The van der Waals surface area contributed by atoms with Gasteiger partial charge in [0.1, 0.15) is 11.3 Å². The van der Waals surface area contributed by atoms with Gasteiger partial charge in [-0.3, -0.25) is 0 Å². The van der Waals surface area contributed by atoms with Gasteiger partial charge in [0, 0.05) is 23.9 Å². The first-order chi connectivity index (χ1) is 10.8. The van der Waals surface area contributed by atoms with Crippen LogP contribution in [-0.4, -0.2) is 22.8 Å². The lowest BCUT2D eigenvalue weighted by Crippen LogP contribution is -2.41. The predicted molar refractivity (Wildman–Crippen MR) is 87.6 cm³/mol. The van der Waals surface area contributed by atoms with Crippen molar-refractivity contribution in [2.45, 2.75) is 19.6 Å². The van der Waals surface area contributed by atoms with Crippen LogP contribution >= 0.6 is 15.9 Å². The number of carbonyl (C=O) groups is 2. The van der Waals surface area contributed by atoms with Crippen LogP contribution in [0, 0.1) is 0 Å². The van der Waals surface area contributed by atoms with Crippen molar-refractivity contribution in [3.05, 3.63) is 45.9 Å². The number of ether oxygens (including phenoxy) is 2. The smallest absolute Gasteiger partial charge is 0.348 e. The molecule has 0 bridgehead atoms. The van der Waals surface area contributed by atoms with Gasteiger partial charge in [-0.1, -0.05) is 28.1 Å². The van der Waals surface area contributed by atoms with Crippen molar-refractivity contribution in [1.29, 1.82) is 0 Å². The Bertz CT molecular complexity index is 845. The Labute approximate surface area is 140 Å². The van der Waals surface area contributed by atoms with E-state index in [0.717, 1.165) is 9.86 Å². The molecule has 0 radical (unpaired) electrons. The van der Waals surface area contributed by atoms with Crippen molar-refractivity contribution >= 4 is 44.7 Å². The maximum Gasteiger partial charge on any atom is 0.348 e. The van der Waals surface area contributed by atoms with Crippen LogP contribution in [0.3, 0.4) is 0 Å². The molecule has 1 aliphatic rings. The van der Waals surface area contributed by atoms with Crippen molar-refractivity contribution in [2.75, 3.05) is 0 Å². The molecule has 6 heteroatoms. The Morgan fingerprint density at radius 1 is 1.09 bits per heavy atom. The number of cyclic esters (lactones) is 2. The minimum atomic E-state index is -1.29. The summed E-state index contributed by atoms with van der Waals surface area (Å²) in [7, 11) is 0. The lowest BCUT2D eigenvalue weighted by molar-refractivity contribution is -0.222. The second-order valence-corrected chi connectivity index (χ2v) is 6.52. The molecule has 0 aromatic heterocycles. The van der Waals surface area contributed by atoms with Gasteiger partial charge in [0.15, 0.2) is 0 Å². The number of hydrogen-bond donors (Lipinski definition) is 1. The zero-order valence-electron chi connectivity index (χ0n) is 12.4. The number of halogens is 1. The normalized spacial score (nSPS) is 16.9.